The van der Waals surface area contributed by atoms with Gasteiger partial charge in [0.05, 0.1) is 12.4 Å². The van der Waals surface area contributed by atoms with Crippen molar-refractivity contribution < 1.29 is 9.90 Å². The van der Waals surface area contributed by atoms with E-state index >= 15 is 0 Å². The predicted octanol–water partition coefficient (Wildman–Crippen LogP) is -0.167. The second kappa shape index (κ2) is 2.77. The maximum absolute atomic E-state index is 9.95. The Balaban J connectivity index is 2.64. The molecule has 1 aromatic rings. The van der Waals surface area contributed by atoms with Gasteiger partial charge in [-0.2, -0.15) is 0 Å². The third-order valence-electron chi connectivity index (χ3n) is 0.811. The molecule has 1 rings (SSSR count). The van der Waals surface area contributed by atoms with Crippen molar-refractivity contribution in [1.29, 1.82) is 0 Å². The van der Waals surface area contributed by atoms with E-state index in [9.17, 15) is 4.79 Å². The van der Waals surface area contributed by atoms with Gasteiger partial charge in [-0.3, -0.25) is 0 Å². The van der Waals surface area contributed by atoms with Crippen LogP contribution in [0.3, 0.4) is 0 Å². The third kappa shape index (κ3) is 1.70. The van der Waals surface area contributed by atoms with Crippen LogP contribution < -0.4 is 0 Å². The van der Waals surface area contributed by atoms with E-state index in [1.54, 1.807) is 6.20 Å². The minimum atomic E-state index is -1.00. The molecule has 5 heteroatoms. The fourth-order valence-electron chi connectivity index (χ4n) is 0.437. The highest BCUT2D eigenvalue weighted by Gasteiger charge is 1.85. The van der Waals surface area contributed by atoms with Crippen molar-refractivity contribution in [3.05, 3.63) is 18.5 Å². The Hall–Kier alpha value is -1.65. The summed E-state index contributed by atoms with van der Waals surface area (Å²) in [6.45, 7) is 0. The minimum Gasteiger partial charge on any atom is -0.478 e. The van der Waals surface area contributed by atoms with E-state index in [4.69, 9.17) is 5.11 Å². The number of aliphatic carboxylic acids is 1. The molecule has 0 fully saturated rings. The molecule has 0 unspecified atom stereocenters. The molecule has 0 aliphatic heterocycles. The Morgan fingerprint density at radius 3 is 3.00 bits per heavy atom. The largest absolute Gasteiger partial charge is 0.478 e. The fraction of sp³-hybridized carbons (Fsp3) is 0. The number of carbonyl (C=O) groups is 1. The summed E-state index contributed by atoms with van der Waals surface area (Å²) in [4.78, 5) is 9.95. The first-order valence-electron chi connectivity index (χ1n) is 2.56. The lowest BCUT2D eigenvalue weighted by atomic mass is 10.6. The Bertz CT molecular complexity index is 239. The van der Waals surface area contributed by atoms with Gasteiger partial charge in [-0.1, -0.05) is 5.21 Å². The molecule has 10 heavy (non-hydrogen) atoms. The number of hydrogen-bond donors (Lipinski definition) is 1. The topological polar surface area (TPSA) is 68.0 Å². The van der Waals surface area contributed by atoms with Crippen LogP contribution in [0.1, 0.15) is 0 Å². The van der Waals surface area contributed by atoms with E-state index in [1.807, 2.05) is 0 Å². The monoisotopic (exact) mass is 139 g/mol. The number of rotatable bonds is 2. The Labute approximate surface area is 56.6 Å². The molecule has 5 nitrogen and oxygen atoms in total. The maximum atomic E-state index is 9.95. The molecule has 0 saturated heterocycles. The third-order valence-corrected chi connectivity index (χ3v) is 0.811. The second-order valence-corrected chi connectivity index (χ2v) is 1.54. The van der Waals surface area contributed by atoms with E-state index in [0.717, 1.165) is 6.08 Å². The van der Waals surface area contributed by atoms with Gasteiger partial charge in [-0.15, -0.1) is 5.10 Å². The van der Waals surface area contributed by atoms with Crippen molar-refractivity contribution in [3.8, 4) is 0 Å². The molecular weight excluding hydrogens is 134 g/mol. The summed E-state index contributed by atoms with van der Waals surface area (Å²) in [5.41, 5.74) is 0. The molecule has 0 saturated carbocycles. The van der Waals surface area contributed by atoms with Gasteiger partial charge in [0.15, 0.2) is 0 Å². The maximum Gasteiger partial charge on any atom is 0.329 e. The average Bonchev–Trinajstić information content (AvgIpc) is 2.34. The van der Waals surface area contributed by atoms with Crippen LogP contribution in [0.15, 0.2) is 18.5 Å². The lowest BCUT2D eigenvalue weighted by Gasteiger charge is -1.83. The molecule has 0 amide bonds. The lowest BCUT2D eigenvalue weighted by Crippen LogP contribution is -1.91. The highest BCUT2D eigenvalue weighted by molar-refractivity contribution is 5.82. The van der Waals surface area contributed by atoms with Gasteiger partial charge in [0.1, 0.15) is 0 Å². The molecule has 0 aliphatic rings. The number of carboxylic acids is 1. The van der Waals surface area contributed by atoms with E-state index in [0.29, 0.717) is 0 Å². The van der Waals surface area contributed by atoms with Crippen LogP contribution in [0.2, 0.25) is 0 Å². The molecule has 1 aromatic heterocycles. The molecule has 0 spiro atoms. The Morgan fingerprint density at radius 2 is 2.50 bits per heavy atom. The van der Waals surface area contributed by atoms with Crippen LogP contribution in [0, 0.1) is 0 Å². The van der Waals surface area contributed by atoms with Crippen molar-refractivity contribution in [2.24, 2.45) is 0 Å². The molecule has 52 valence electrons. The van der Waals surface area contributed by atoms with Gasteiger partial charge in [-0.25, -0.2) is 9.48 Å². The van der Waals surface area contributed by atoms with E-state index < -0.39 is 5.97 Å². The van der Waals surface area contributed by atoms with Gasteiger partial charge < -0.3 is 5.11 Å². The Kier molecular flexibility index (Phi) is 1.79. The molecule has 1 N–H and O–H groups in total. The number of nitrogens with zero attached hydrogens (tertiary/aromatic N) is 3. The normalized spacial score (nSPS) is 10.4. The zero-order chi connectivity index (χ0) is 7.40. The minimum absolute atomic E-state index is 0.981. The quantitative estimate of drug-likeness (QED) is 0.578. The number of hydrogen-bond acceptors (Lipinski definition) is 3. The highest BCUT2D eigenvalue weighted by Crippen LogP contribution is 1.81. The van der Waals surface area contributed by atoms with Crippen molar-refractivity contribution >= 4 is 12.2 Å². The average molecular weight is 139 g/mol. The molecule has 1 heterocycles. The summed E-state index contributed by atoms with van der Waals surface area (Å²) < 4.78 is 1.30. The second-order valence-electron chi connectivity index (χ2n) is 1.54. The molecule has 0 radical (unpaired) electrons. The van der Waals surface area contributed by atoms with E-state index in [2.05, 4.69) is 10.3 Å². The van der Waals surface area contributed by atoms with Crippen molar-refractivity contribution in [2.75, 3.05) is 0 Å². The van der Waals surface area contributed by atoms with Crippen molar-refractivity contribution in [1.82, 2.24) is 15.0 Å². The lowest BCUT2D eigenvalue weighted by molar-refractivity contribution is -0.131. The number of carboxylic acid groups (broad SMARTS) is 1. The summed E-state index contributed by atoms with van der Waals surface area (Å²) in [6, 6.07) is 0. The summed E-state index contributed by atoms with van der Waals surface area (Å²) in [6.07, 6.45) is 5.29. The van der Waals surface area contributed by atoms with Gasteiger partial charge >= 0.3 is 5.97 Å². The zero-order valence-corrected chi connectivity index (χ0v) is 5.01. The van der Waals surface area contributed by atoms with Gasteiger partial charge in [0.2, 0.25) is 0 Å². The summed E-state index contributed by atoms with van der Waals surface area (Å²) in [7, 11) is 0. The molecule has 0 aliphatic carbocycles. The fourth-order valence-corrected chi connectivity index (χ4v) is 0.437. The first-order chi connectivity index (χ1) is 4.79. The molecule has 0 bridgehead atoms. The SMILES string of the molecule is O=C(O)/C=C/n1ccnn1. The van der Waals surface area contributed by atoms with Crippen LogP contribution in [0.5, 0.6) is 0 Å². The van der Waals surface area contributed by atoms with Crippen LogP contribution in [0.4, 0.5) is 0 Å². The first kappa shape index (κ1) is 6.47. The first-order valence-corrected chi connectivity index (χ1v) is 2.56. The van der Waals surface area contributed by atoms with Gasteiger partial charge in [0, 0.05) is 12.3 Å². The summed E-state index contributed by atoms with van der Waals surface area (Å²) in [5.74, 6) is -1.00. The molecule has 0 aromatic carbocycles. The van der Waals surface area contributed by atoms with Crippen LogP contribution in [-0.4, -0.2) is 26.1 Å². The number of aromatic nitrogens is 3. The standard InChI is InChI=1S/C5H5N3O2/c9-5(10)1-3-8-4-2-6-7-8/h1-4H,(H,9,10)/b3-1+. The molecular formula is C5H5N3O2. The smallest absolute Gasteiger partial charge is 0.329 e. The van der Waals surface area contributed by atoms with Crippen LogP contribution in [-0.2, 0) is 4.79 Å². The van der Waals surface area contributed by atoms with Crippen LogP contribution in [0.25, 0.3) is 6.20 Å². The van der Waals surface area contributed by atoms with E-state index in [-0.39, 0.29) is 0 Å². The van der Waals surface area contributed by atoms with Crippen molar-refractivity contribution in [2.45, 2.75) is 0 Å². The van der Waals surface area contributed by atoms with Gasteiger partial charge in [-0.05, 0) is 0 Å². The summed E-state index contributed by atoms with van der Waals surface area (Å²) in [5, 5.41) is 15.1. The zero-order valence-electron chi connectivity index (χ0n) is 5.01. The Morgan fingerprint density at radius 1 is 1.70 bits per heavy atom. The van der Waals surface area contributed by atoms with Gasteiger partial charge in [0.25, 0.3) is 0 Å². The van der Waals surface area contributed by atoms with E-state index in [1.165, 1.54) is 17.1 Å². The van der Waals surface area contributed by atoms with Crippen molar-refractivity contribution in [3.63, 3.8) is 0 Å². The predicted molar refractivity (Wildman–Crippen MR) is 33.0 cm³/mol. The highest BCUT2D eigenvalue weighted by atomic mass is 16.4. The molecule has 0 atom stereocenters. The summed E-state index contributed by atoms with van der Waals surface area (Å²) >= 11 is 0. The van der Waals surface area contributed by atoms with Crippen LogP contribution >= 0.6 is 0 Å².